The van der Waals surface area contributed by atoms with Crippen molar-refractivity contribution in [1.82, 2.24) is 25.2 Å². The fourth-order valence-electron chi connectivity index (χ4n) is 2.16. The molecule has 19 heavy (non-hydrogen) atoms. The number of aromatic amines is 1. The van der Waals surface area contributed by atoms with Crippen LogP contribution in [0.15, 0.2) is 46.9 Å². The van der Waals surface area contributed by atoms with Gasteiger partial charge in [0.25, 0.3) is 0 Å². The van der Waals surface area contributed by atoms with Gasteiger partial charge in [0.1, 0.15) is 5.52 Å². The van der Waals surface area contributed by atoms with E-state index in [4.69, 9.17) is 0 Å². The lowest BCUT2D eigenvalue weighted by atomic mass is 10.2. The Balaban J connectivity index is 2.06. The summed E-state index contributed by atoms with van der Waals surface area (Å²) in [5, 5.41) is 16.7. The molecule has 0 aliphatic heterocycles. The van der Waals surface area contributed by atoms with Crippen molar-refractivity contribution in [1.29, 1.82) is 0 Å². The number of para-hydroxylation sites is 1. The van der Waals surface area contributed by atoms with E-state index in [-0.39, 0.29) is 0 Å². The second kappa shape index (κ2) is 3.89. The van der Waals surface area contributed by atoms with Crippen molar-refractivity contribution in [3.63, 3.8) is 0 Å². The molecule has 0 bridgehead atoms. The topological polar surface area (TPSA) is 59.4 Å². The van der Waals surface area contributed by atoms with Crippen molar-refractivity contribution in [3.8, 4) is 5.82 Å². The average molecular weight is 314 g/mol. The van der Waals surface area contributed by atoms with Crippen molar-refractivity contribution in [2.24, 2.45) is 0 Å². The molecule has 2 heterocycles. The van der Waals surface area contributed by atoms with Gasteiger partial charge in [0.15, 0.2) is 5.82 Å². The van der Waals surface area contributed by atoms with Crippen LogP contribution >= 0.6 is 15.9 Å². The maximum atomic E-state index is 4.34. The van der Waals surface area contributed by atoms with Gasteiger partial charge in [0, 0.05) is 9.86 Å². The Kier molecular flexibility index (Phi) is 2.19. The highest BCUT2D eigenvalue weighted by atomic mass is 79.9. The summed E-state index contributed by atoms with van der Waals surface area (Å²) in [6.07, 6.45) is 0. The molecule has 1 N–H and O–H groups in total. The highest BCUT2D eigenvalue weighted by molar-refractivity contribution is 9.10. The second-order valence-corrected chi connectivity index (χ2v) is 5.14. The van der Waals surface area contributed by atoms with Crippen molar-refractivity contribution in [2.45, 2.75) is 0 Å². The van der Waals surface area contributed by atoms with Crippen molar-refractivity contribution < 1.29 is 0 Å². The molecule has 0 aliphatic rings. The monoisotopic (exact) mass is 313 g/mol. The molecule has 0 aliphatic carbocycles. The predicted molar refractivity (Wildman–Crippen MR) is 76.2 cm³/mol. The molecule has 0 spiro atoms. The fourth-order valence-corrected chi connectivity index (χ4v) is 2.52. The maximum absolute atomic E-state index is 4.34. The number of nitrogens with zero attached hydrogens (tertiary/aromatic N) is 4. The lowest BCUT2D eigenvalue weighted by Gasteiger charge is -1.98. The van der Waals surface area contributed by atoms with Gasteiger partial charge >= 0.3 is 0 Å². The number of rotatable bonds is 1. The van der Waals surface area contributed by atoms with Gasteiger partial charge in [-0.15, -0.1) is 5.10 Å². The Morgan fingerprint density at radius 1 is 1.11 bits per heavy atom. The number of fused-ring (bicyclic) bond motifs is 2. The van der Waals surface area contributed by atoms with E-state index in [0.29, 0.717) is 0 Å². The van der Waals surface area contributed by atoms with Crippen LogP contribution in [0.2, 0.25) is 0 Å². The lowest BCUT2D eigenvalue weighted by molar-refractivity contribution is 0.799. The predicted octanol–water partition coefficient (Wildman–Crippen LogP) is 3.06. The number of hydrogen-bond acceptors (Lipinski definition) is 3. The zero-order chi connectivity index (χ0) is 12.8. The molecule has 5 nitrogen and oxygen atoms in total. The minimum atomic E-state index is 0.755. The van der Waals surface area contributed by atoms with Crippen LogP contribution in [0.25, 0.3) is 27.8 Å². The number of benzene rings is 2. The molecule has 2 aromatic heterocycles. The molecule has 4 rings (SSSR count). The Bertz CT molecular complexity index is 892. The van der Waals surface area contributed by atoms with Crippen LogP contribution in [-0.2, 0) is 0 Å². The van der Waals surface area contributed by atoms with E-state index in [1.54, 1.807) is 4.68 Å². The third kappa shape index (κ3) is 1.57. The first-order chi connectivity index (χ1) is 9.33. The Morgan fingerprint density at radius 3 is 2.95 bits per heavy atom. The molecular formula is C13H8BrN5. The van der Waals surface area contributed by atoms with Crippen molar-refractivity contribution in [2.75, 3.05) is 0 Å². The van der Waals surface area contributed by atoms with Gasteiger partial charge in [-0.05, 0) is 30.3 Å². The molecule has 0 radical (unpaired) electrons. The smallest absolute Gasteiger partial charge is 0.185 e. The van der Waals surface area contributed by atoms with Crippen LogP contribution < -0.4 is 0 Å². The zero-order valence-corrected chi connectivity index (χ0v) is 11.3. The lowest BCUT2D eigenvalue weighted by Crippen LogP contribution is -1.97. The molecule has 0 fully saturated rings. The minimum Gasteiger partial charge on any atom is -0.276 e. The number of nitrogens with one attached hydrogen (secondary N) is 1. The third-order valence-electron chi connectivity index (χ3n) is 3.06. The number of halogens is 1. The molecule has 2 aromatic carbocycles. The first-order valence-corrected chi connectivity index (χ1v) is 6.57. The van der Waals surface area contributed by atoms with Crippen molar-refractivity contribution in [3.05, 3.63) is 46.9 Å². The minimum absolute atomic E-state index is 0.755. The average Bonchev–Trinajstić information content (AvgIpc) is 3.01. The van der Waals surface area contributed by atoms with Gasteiger partial charge in [0.05, 0.1) is 11.0 Å². The first kappa shape index (κ1) is 10.7. The summed E-state index contributed by atoms with van der Waals surface area (Å²) in [4.78, 5) is 0. The molecule has 6 heteroatoms. The van der Waals surface area contributed by atoms with E-state index in [1.807, 2.05) is 42.5 Å². The largest absolute Gasteiger partial charge is 0.276 e. The summed E-state index contributed by atoms with van der Waals surface area (Å²) in [6.45, 7) is 0. The molecule has 0 amide bonds. The number of hydrogen-bond donors (Lipinski definition) is 1. The number of aromatic nitrogens is 5. The van der Waals surface area contributed by atoms with Gasteiger partial charge < -0.3 is 0 Å². The van der Waals surface area contributed by atoms with Gasteiger partial charge in [-0.3, -0.25) is 5.10 Å². The number of H-pyrrole nitrogens is 1. The Morgan fingerprint density at radius 2 is 2.00 bits per heavy atom. The van der Waals surface area contributed by atoms with E-state index in [2.05, 4.69) is 36.4 Å². The SMILES string of the molecule is Brc1ccc2[nH]nc(-n3nnc4ccccc43)c2c1. The standard InChI is InChI=1S/C13H8BrN5/c14-8-5-6-10-9(7-8)13(17-15-10)19-12-4-2-1-3-11(12)16-18-19/h1-7H,(H,15,17). The van der Waals surface area contributed by atoms with Gasteiger partial charge in [0.2, 0.25) is 0 Å². The van der Waals surface area contributed by atoms with E-state index >= 15 is 0 Å². The van der Waals surface area contributed by atoms with Gasteiger partial charge in [-0.2, -0.15) is 9.78 Å². The Hall–Kier alpha value is -2.21. The van der Waals surface area contributed by atoms with Crippen LogP contribution in [0, 0.1) is 0 Å². The van der Waals surface area contributed by atoms with Gasteiger partial charge in [-0.1, -0.05) is 33.3 Å². The zero-order valence-electron chi connectivity index (χ0n) is 9.71. The summed E-state index contributed by atoms with van der Waals surface area (Å²) in [5.41, 5.74) is 2.77. The van der Waals surface area contributed by atoms with Crippen LogP contribution in [-0.4, -0.2) is 25.2 Å². The van der Waals surface area contributed by atoms with Crippen LogP contribution in [0.5, 0.6) is 0 Å². The van der Waals surface area contributed by atoms with Gasteiger partial charge in [-0.25, -0.2) is 0 Å². The summed E-state index contributed by atoms with van der Waals surface area (Å²) in [6, 6.07) is 13.8. The van der Waals surface area contributed by atoms with E-state index in [9.17, 15) is 0 Å². The van der Waals surface area contributed by atoms with Crippen LogP contribution in [0.4, 0.5) is 0 Å². The molecule has 0 saturated heterocycles. The van der Waals surface area contributed by atoms with E-state index in [1.165, 1.54) is 0 Å². The van der Waals surface area contributed by atoms with Crippen molar-refractivity contribution >= 4 is 37.9 Å². The first-order valence-electron chi connectivity index (χ1n) is 5.77. The van der Waals surface area contributed by atoms with E-state index in [0.717, 1.165) is 32.2 Å². The molecule has 0 atom stereocenters. The fraction of sp³-hybridized carbons (Fsp3) is 0. The highest BCUT2D eigenvalue weighted by Crippen LogP contribution is 2.25. The molecule has 0 unspecified atom stereocenters. The maximum Gasteiger partial charge on any atom is 0.185 e. The molecule has 0 saturated carbocycles. The molecular weight excluding hydrogens is 306 g/mol. The summed E-state index contributed by atoms with van der Waals surface area (Å²) in [7, 11) is 0. The Labute approximate surface area is 116 Å². The third-order valence-corrected chi connectivity index (χ3v) is 3.55. The normalized spacial score (nSPS) is 11.4. The van der Waals surface area contributed by atoms with E-state index < -0.39 is 0 Å². The summed E-state index contributed by atoms with van der Waals surface area (Å²) in [5.74, 6) is 0.755. The summed E-state index contributed by atoms with van der Waals surface area (Å²) < 4.78 is 2.76. The second-order valence-electron chi connectivity index (χ2n) is 4.23. The molecule has 92 valence electrons. The highest BCUT2D eigenvalue weighted by Gasteiger charge is 2.12. The summed E-state index contributed by atoms with van der Waals surface area (Å²) >= 11 is 3.48. The molecule has 4 aromatic rings. The van der Waals surface area contributed by atoms with Crippen LogP contribution in [0.3, 0.4) is 0 Å². The quantitative estimate of drug-likeness (QED) is 0.587. The van der Waals surface area contributed by atoms with Crippen LogP contribution in [0.1, 0.15) is 0 Å².